The van der Waals surface area contributed by atoms with Crippen molar-refractivity contribution < 1.29 is 14.1 Å². The van der Waals surface area contributed by atoms with Gasteiger partial charge in [0.15, 0.2) is 5.58 Å². The molecular formula is C25H22ClN3O4. The quantitative estimate of drug-likeness (QED) is 0.242. The molecule has 1 amide bonds. The number of benzene rings is 3. The van der Waals surface area contributed by atoms with Crippen LogP contribution >= 0.6 is 11.6 Å². The molecule has 1 heterocycles. The zero-order valence-electron chi connectivity index (χ0n) is 18.4. The molecule has 0 saturated heterocycles. The highest BCUT2D eigenvalue weighted by Gasteiger charge is 2.17. The Kier molecular flexibility index (Phi) is 6.16. The molecule has 0 unspecified atom stereocenters. The van der Waals surface area contributed by atoms with Crippen molar-refractivity contribution in [3.63, 3.8) is 0 Å². The van der Waals surface area contributed by atoms with Gasteiger partial charge in [-0.15, -0.1) is 0 Å². The molecule has 1 aromatic heterocycles. The van der Waals surface area contributed by atoms with Gasteiger partial charge in [-0.1, -0.05) is 37.6 Å². The Balaban J connectivity index is 1.64. The number of fused-ring (bicyclic) bond motifs is 1. The Bertz CT molecular complexity index is 1380. The molecule has 7 nitrogen and oxygen atoms in total. The lowest BCUT2D eigenvalue weighted by Crippen LogP contribution is -2.12. The summed E-state index contributed by atoms with van der Waals surface area (Å²) in [6.07, 6.45) is 1.03. The number of hydrogen-bond acceptors (Lipinski definition) is 5. The largest absolute Gasteiger partial charge is 0.436 e. The molecule has 168 valence electrons. The van der Waals surface area contributed by atoms with E-state index in [-0.39, 0.29) is 11.3 Å². The van der Waals surface area contributed by atoms with E-state index >= 15 is 0 Å². The van der Waals surface area contributed by atoms with Crippen molar-refractivity contribution in [2.75, 3.05) is 5.32 Å². The third kappa shape index (κ3) is 4.59. The highest BCUT2D eigenvalue weighted by atomic mass is 35.5. The SMILES string of the molecule is CC[C@H](C)c1ccc2oc(-c3ccc(Cl)c(NC(=O)c4ccc(C)c([N+](=O)[O-])c4)c3)nc2c1. The third-order valence-electron chi connectivity index (χ3n) is 5.72. The lowest BCUT2D eigenvalue weighted by atomic mass is 9.98. The summed E-state index contributed by atoms with van der Waals surface area (Å²) >= 11 is 6.30. The maximum Gasteiger partial charge on any atom is 0.273 e. The molecule has 0 aliphatic rings. The van der Waals surface area contributed by atoms with Crippen LogP contribution in [0.5, 0.6) is 0 Å². The summed E-state index contributed by atoms with van der Waals surface area (Å²) in [7, 11) is 0. The minimum atomic E-state index is -0.514. The number of carbonyl (C=O) groups excluding carboxylic acids is 1. The van der Waals surface area contributed by atoms with Crippen molar-refractivity contribution in [2.24, 2.45) is 0 Å². The Hall–Kier alpha value is -3.71. The van der Waals surface area contributed by atoms with Gasteiger partial charge in [-0.05, 0) is 61.2 Å². The molecular weight excluding hydrogens is 442 g/mol. The Morgan fingerprint density at radius 2 is 1.97 bits per heavy atom. The lowest BCUT2D eigenvalue weighted by Gasteiger charge is -2.09. The number of amides is 1. The predicted octanol–water partition coefficient (Wildman–Crippen LogP) is 7.13. The maximum absolute atomic E-state index is 12.7. The zero-order valence-corrected chi connectivity index (χ0v) is 19.1. The number of nitro groups is 1. The van der Waals surface area contributed by atoms with Gasteiger partial charge in [0, 0.05) is 22.8 Å². The molecule has 33 heavy (non-hydrogen) atoms. The van der Waals surface area contributed by atoms with Gasteiger partial charge in [-0.25, -0.2) is 4.98 Å². The van der Waals surface area contributed by atoms with Crippen LogP contribution in [0, 0.1) is 17.0 Å². The number of halogens is 1. The number of nitro benzene ring substituents is 1. The zero-order chi connectivity index (χ0) is 23.7. The van der Waals surface area contributed by atoms with E-state index in [1.165, 1.54) is 23.8 Å². The van der Waals surface area contributed by atoms with Crippen LogP contribution in [0.3, 0.4) is 0 Å². The lowest BCUT2D eigenvalue weighted by molar-refractivity contribution is -0.385. The molecule has 0 fully saturated rings. The minimum absolute atomic E-state index is 0.120. The van der Waals surface area contributed by atoms with Gasteiger partial charge in [0.25, 0.3) is 11.6 Å². The van der Waals surface area contributed by atoms with Gasteiger partial charge in [-0.2, -0.15) is 0 Å². The first-order chi connectivity index (χ1) is 15.8. The fourth-order valence-electron chi connectivity index (χ4n) is 3.51. The van der Waals surface area contributed by atoms with E-state index in [2.05, 4.69) is 24.1 Å². The van der Waals surface area contributed by atoms with Gasteiger partial charge < -0.3 is 9.73 Å². The van der Waals surface area contributed by atoms with E-state index in [1.54, 1.807) is 25.1 Å². The van der Waals surface area contributed by atoms with E-state index in [0.29, 0.717) is 39.2 Å². The smallest absolute Gasteiger partial charge is 0.273 e. The second-order valence-electron chi connectivity index (χ2n) is 7.96. The van der Waals surface area contributed by atoms with Gasteiger partial charge >= 0.3 is 0 Å². The van der Waals surface area contributed by atoms with Crippen LogP contribution < -0.4 is 5.32 Å². The summed E-state index contributed by atoms with van der Waals surface area (Å²) in [5, 5.41) is 14.2. The number of aromatic nitrogens is 1. The number of rotatable bonds is 6. The summed E-state index contributed by atoms with van der Waals surface area (Å²) in [6, 6.07) is 15.4. The number of hydrogen-bond donors (Lipinski definition) is 1. The van der Waals surface area contributed by atoms with Crippen molar-refractivity contribution in [3.8, 4) is 11.5 Å². The van der Waals surface area contributed by atoms with Crippen molar-refractivity contribution in [3.05, 3.63) is 86.4 Å². The average Bonchev–Trinajstić information content (AvgIpc) is 3.23. The Morgan fingerprint density at radius 3 is 2.70 bits per heavy atom. The van der Waals surface area contributed by atoms with E-state index < -0.39 is 10.8 Å². The monoisotopic (exact) mass is 463 g/mol. The minimum Gasteiger partial charge on any atom is -0.436 e. The molecule has 4 rings (SSSR count). The number of carbonyl (C=O) groups is 1. The van der Waals surface area contributed by atoms with E-state index in [0.717, 1.165) is 11.9 Å². The van der Waals surface area contributed by atoms with Crippen LogP contribution in [0.15, 0.2) is 59.0 Å². The summed E-state index contributed by atoms with van der Waals surface area (Å²) in [5.41, 5.74) is 4.14. The molecule has 0 aliphatic heterocycles. The molecule has 4 aromatic rings. The van der Waals surface area contributed by atoms with Crippen molar-refractivity contribution >= 4 is 40.0 Å². The Labute approximate surface area is 195 Å². The summed E-state index contributed by atoms with van der Waals surface area (Å²) in [5.74, 6) is 0.321. The molecule has 1 atom stereocenters. The summed E-state index contributed by atoms with van der Waals surface area (Å²) < 4.78 is 5.92. The number of oxazole rings is 1. The van der Waals surface area contributed by atoms with E-state index in [9.17, 15) is 14.9 Å². The standard InChI is InChI=1S/C25H22ClN3O4/c1-4-14(2)16-8-10-23-21(11-16)28-25(33-23)18-7-9-19(26)20(12-18)27-24(30)17-6-5-15(3)22(13-17)29(31)32/h5-14H,4H2,1-3H3,(H,27,30)/t14-/m0/s1. The first-order valence-corrected chi connectivity index (χ1v) is 10.9. The first-order valence-electron chi connectivity index (χ1n) is 10.5. The Morgan fingerprint density at radius 1 is 1.18 bits per heavy atom. The van der Waals surface area contributed by atoms with Crippen LogP contribution in [-0.2, 0) is 0 Å². The van der Waals surface area contributed by atoms with Gasteiger partial charge in [0.2, 0.25) is 5.89 Å². The number of aryl methyl sites for hydroxylation is 1. The molecule has 1 N–H and O–H groups in total. The maximum atomic E-state index is 12.7. The second kappa shape index (κ2) is 9.03. The van der Waals surface area contributed by atoms with Gasteiger partial charge in [0.05, 0.1) is 15.6 Å². The fraction of sp³-hybridized carbons (Fsp3) is 0.200. The van der Waals surface area contributed by atoms with Gasteiger partial charge in [-0.3, -0.25) is 14.9 Å². The van der Waals surface area contributed by atoms with Crippen LogP contribution in [0.1, 0.15) is 47.7 Å². The predicted molar refractivity (Wildman–Crippen MR) is 129 cm³/mol. The summed E-state index contributed by atoms with van der Waals surface area (Å²) in [6.45, 7) is 5.92. The molecule has 0 bridgehead atoms. The topological polar surface area (TPSA) is 98.3 Å². The van der Waals surface area contributed by atoms with Crippen LogP contribution in [0.25, 0.3) is 22.6 Å². The number of anilines is 1. The normalized spacial score (nSPS) is 12.0. The second-order valence-corrected chi connectivity index (χ2v) is 8.37. The molecule has 0 radical (unpaired) electrons. The molecule has 0 spiro atoms. The third-order valence-corrected chi connectivity index (χ3v) is 6.05. The van der Waals surface area contributed by atoms with E-state index in [1.807, 2.05) is 18.2 Å². The number of nitrogens with one attached hydrogen (secondary N) is 1. The highest BCUT2D eigenvalue weighted by molar-refractivity contribution is 6.34. The fourth-order valence-corrected chi connectivity index (χ4v) is 3.67. The molecule has 3 aromatic carbocycles. The highest BCUT2D eigenvalue weighted by Crippen LogP contribution is 2.32. The van der Waals surface area contributed by atoms with Crippen molar-refractivity contribution in [1.29, 1.82) is 0 Å². The number of nitrogens with zero attached hydrogens (tertiary/aromatic N) is 2. The molecule has 8 heteroatoms. The molecule has 0 aliphatic carbocycles. The van der Waals surface area contributed by atoms with Crippen LogP contribution in [0.4, 0.5) is 11.4 Å². The van der Waals surface area contributed by atoms with Crippen molar-refractivity contribution in [2.45, 2.75) is 33.1 Å². The first kappa shape index (κ1) is 22.5. The molecule has 0 saturated carbocycles. The van der Waals surface area contributed by atoms with Crippen LogP contribution in [-0.4, -0.2) is 15.8 Å². The van der Waals surface area contributed by atoms with Gasteiger partial charge in [0.1, 0.15) is 5.52 Å². The average molecular weight is 464 g/mol. The summed E-state index contributed by atoms with van der Waals surface area (Å²) in [4.78, 5) is 28.0. The van der Waals surface area contributed by atoms with Crippen LogP contribution in [0.2, 0.25) is 5.02 Å². The van der Waals surface area contributed by atoms with E-state index in [4.69, 9.17) is 16.0 Å². The van der Waals surface area contributed by atoms with Crippen molar-refractivity contribution in [1.82, 2.24) is 4.98 Å².